The summed E-state index contributed by atoms with van der Waals surface area (Å²) in [5.41, 5.74) is 0.300. The minimum absolute atomic E-state index is 0.247. The average Bonchev–Trinajstić information content (AvgIpc) is 2.54. The second-order valence-electron chi connectivity index (χ2n) is 3.70. The van der Waals surface area contributed by atoms with Crippen LogP contribution in [0.4, 0.5) is 0 Å². The van der Waals surface area contributed by atoms with Crippen molar-refractivity contribution in [3.05, 3.63) is 16.9 Å². The number of methoxy groups -OCH3 is 1. The minimum atomic E-state index is -3.28. The average molecular weight is 283 g/mol. The van der Waals surface area contributed by atoms with Gasteiger partial charge in [-0.2, -0.15) is 5.10 Å². The number of sulfone groups is 1. The Morgan fingerprint density at radius 1 is 1.65 bits per heavy atom. The summed E-state index contributed by atoms with van der Waals surface area (Å²) in [7, 11) is -1.75. The first kappa shape index (κ1) is 14.4. The van der Waals surface area contributed by atoms with Crippen molar-refractivity contribution < 1.29 is 18.3 Å². The number of hydrogen-bond donors (Lipinski definition) is 1. The monoisotopic (exact) mass is 282 g/mol. The molecule has 0 aliphatic carbocycles. The lowest BCUT2D eigenvalue weighted by Gasteiger charge is -2.13. The van der Waals surface area contributed by atoms with E-state index < -0.39 is 15.9 Å². The van der Waals surface area contributed by atoms with Crippen molar-refractivity contribution >= 4 is 21.4 Å². The molecule has 0 amide bonds. The fraction of sp³-hybridized carbons (Fsp3) is 0.667. The summed E-state index contributed by atoms with van der Waals surface area (Å²) in [5, 5.41) is 14.0. The maximum atomic E-state index is 11.1. The van der Waals surface area contributed by atoms with Gasteiger partial charge >= 0.3 is 0 Å². The second kappa shape index (κ2) is 5.81. The van der Waals surface area contributed by atoms with Crippen molar-refractivity contribution in [3.8, 4) is 0 Å². The lowest BCUT2D eigenvalue weighted by atomic mass is 10.3. The van der Waals surface area contributed by atoms with E-state index in [1.807, 2.05) is 0 Å². The number of aromatic nitrogens is 2. The van der Waals surface area contributed by atoms with E-state index in [0.29, 0.717) is 18.8 Å². The Morgan fingerprint density at radius 2 is 2.29 bits per heavy atom. The number of ether oxygens (including phenoxy) is 1. The maximum absolute atomic E-state index is 11.1. The molecule has 1 rings (SSSR count). The molecule has 0 radical (unpaired) electrons. The number of aliphatic hydroxyl groups excluding tert-OH is 1. The lowest BCUT2D eigenvalue weighted by Crippen LogP contribution is -2.18. The predicted octanol–water partition coefficient (Wildman–Crippen LogP) is 0.261. The summed E-state index contributed by atoms with van der Waals surface area (Å²) in [5.74, 6) is -0.384. The van der Waals surface area contributed by atoms with E-state index in [1.54, 1.807) is 0 Å². The second-order valence-corrected chi connectivity index (χ2v) is 6.29. The fourth-order valence-corrected chi connectivity index (χ4v) is 2.42. The standard InChI is InChI=1S/C9H15ClN2O4S/c1-16-4-3-12-9(7(10)5-11-12)8(13)6-17(2,14)15/h5,8,13H,3-4,6H2,1-2H3. The van der Waals surface area contributed by atoms with Gasteiger partial charge in [0.2, 0.25) is 0 Å². The van der Waals surface area contributed by atoms with Gasteiger partial charge in [0.15, 0.2) is 0 Å². The van der Waals surface area contributed by atoms with Crippen LogP contribution in [0.1, 0.15) is 11.8 Å². The summed E-state index contributed by atoms with van der Waals surface area (Å²) in [4.78, 5) is 0. The molecule has 0 saturated carbocycles. The number of halogens is 1. The highest BCUT2D eigenvalue weighted by molar-refractivity contribution is 7.90. The Balaban J connectivity index is 2.91. The van der Waals surface area contributed by atoms with Crippen LogP contribution in [0.5, 0.6) is 0 Å². The zero-order valence-electron chi connectivity index (χ0n) is 9.63. The van der Waals surface area contributed by atoms with E-state index in [-0.39, 0.29) is 10.8 Å². The highest BCUT2D eigenvalue weighted by atomic mass is 35.5. The van der Waals surface area contributed by atoms with Crippen LogP contribution < -0.4 is 0 Å². The van der Waals surface area contributed by atoms with Crippen molar-refractivity contribution in [3.63, 3.8) is 0 Å². The fourth-order valence-electron chi connectivity index (χ4n) is 1.42. The van der Waals surface area contributed by atoms with Gasteiger partial charge < -0.3 is 9.84 Å². The van der Waals surface area contributed by atoms with Gasteiger partial charge in [0.1, 0.15) is 15.9 Å². The molecule has 1 unspecified atom stereocenters. The van der Waals surface area contributed by atoms with Crippen molar-refractivity contribution in [2.45, 2.75) is 12.6 Å². The molecule has 1 N–H and O–H groups in total. The zero-order valence-corrected chi connectivity index (χ0v) is 11.2. The van der Waals surface area contributed by atoms with Gasteiger partial charge in [0.25, 0.3) is 0 Å². The van der Waals surface area contributed by atoms with E-state index in [4.69, 9.17) is 16.3 Å². The molecule has 98 valence electrons. The smallest absolute Gasteiger partial charge is 0.150 e. The highest BCUT2D eigenvalue weighted by Crippen LogP contribution is 2.23. The van der Waals surface area contributed by atoms with Crippen molar-refractivity contribution in [2.75, 3.05) is 25.7 Å². The molecule has 0 saturated heterocycles. The first-order chi connectivity index (χ1) is 7.85. The van der Waals surface area contributed by atoms with Crippen molar-refractivity contribution in [2.24, 2.45) is 0 Å². The molecule has 0 aliphatic heterocycles. The quantitative estimate of drug-likeness (QED) is 0.809. The molecule has 0 aliphatic rings. The predicted molar refractivity (Wildman–Crippen MR) is 63.8 cm³/mol. The summed E-state index contributed by atoms with van der Waals surface area (Å²) in [6.07, 6.45) is 1.25. The topological polar surface area (TPSA) is 81.4 Å². The van der Waals surface area contributed by atoms with E-state index >= 15 is 0 Å². The van der Waals surface area contributed by atoms with Gasteiger partial charge in [-0.3, -0.25) is 4.68 Å². The number of hydrogen-bond acceptors (Lipinski definition) is 5. The van der Waals surface area contributed by atoms with Crippen LogP contribution in [0.3, 0.4) is 0 Å². The van der Waals surface area contributed by atoms with Gasteiger partial charge in [-0.05, 0) is 0 Å². The minimum Gasteiger partial charge on any atom is -0.386 e. The SMILES string of the molecule is COCCn1ncc(Cl)c1C(O)CS(C)(=O)=O. The molecule has 17 heavy (non-hydrogen) atoms. The molecule has 0 fully saturated rings. The van der Waals surface area contributed by atoms with Gasteiger partial charge in [0.05, 0.1) is 35.8 Å². The molecule has 1 aromatic heterocycles. The van der Waals surface area contributed by atoms with E-state index in [9.17, 15) is 13.5 Å². The summed E-state index contributed by atoms with van der Waals surface area (Å²) < 4.78 is 28.6. The Hall–Kier alpha value is -0.630. The van der Waals surface area contributed by atoms with Gasteiger partial charge in [0, 0.05) is 13.4 Å². The molecular weight excluding hydrogens is 268 g/mol. The zero-order chi connectivity index (χ0) is 13.1. The summed E-state index contributed by atoms with van der Waals surface area (Å²) >= 11 is 5.87. The molecule has 6 nitrogen and oxygen atoms in total. The first-order valence-electron chi connectivity index (χ1n) is 4.91. The molecule has 1 heterocycles. The number of rotatable bonds is 6. The highest BCUT2D eigenvalue weighted by Gasteiger charge is 2.21. The largest absolute Gasteiger partial charge is 0.386 e. The van der Waals surface area contributed by atoms with Crippen LogP contribution in [0.15, 0.2) is 6.20 Å². The normalized spacial score (nSPS) is 13.9. The molecule has 0 bridgehead atoms. The van der Waals surface area contributed by atoms with Gasteiger partial charge in [-0.25, -0.2) is 8.42 Å². The van der Waals surface area contributed by atoms with E-state index in [2.05, 4.69) is 5.10 Å². The van der Waals surface area contributed by atoms with Gasteiger partial charge in [-0.15, -0.1) is 0 Å². The van der Waals surface area contributed by atoms with Crippen LogP contribution in [-0.4, -0.2) is 49.0 Å². The maximum Gasteiger partial charge on any atom is 0.150 e. The van der Waals surface area contributed by atoms with Crippen LogP contribution >= 0.6 is 11.6 Å². The lowest BCUT2D eigenvalue weighted by molar-refractivity contribution is 0.165. The Morgan fingerprint density at radius 3 is 2.82 bits per heavy atom. The van der Waals surface area contributed by atoms with Crippen LogP contribution in [0.25, 0.3) is 0 Å². The number of nitrogens with zero attached hydrogens (tertiary/aromatic N) is 2. The van der Waals surface area contributed by atoms with Crippen LogP contribution in [-0.2, 0) is 21.1 Å². The Bertz CT molecular complexity index is 471. The summed E-state index contributed by atoms with van der Waals surface area (Å²) in [6.45, 7) is 0.802. The molecule has 0 spiro atoms. The Kier molecular flexibility index (Phi) is 4.93. The third kappa shape index (κ3) is 4.27. The van der Waals surface area contributed by atoms with Crippen molar-refractivity contribution in [1.29, 1.82) is 0 Å². The van der Waals surface area contributed by atoms with E-state index in [0.717, 1.165) is 6.26 Å². The molecule has 8 heteroatoms. The van der Waals surface area contributed by atoms with Crippen LogP contribution in [0.2, 0.25) is 5.02 Å². The molecule has 1 aromatic rings. The van der Waals surface area contributed by atoms with Gasteiger partial charge in [-0.1, -0.05) is 11.6 Å². The summed E-state index contributed by atoms with van der Waals surface area (Å²) in [6, 6.07) is 0. The molecule has 0 aromatic carbocycles. The Labute approximate surface area is 105 Å². The van der Waals surface area contributed by atoms with Crippen LogP contribution in [0, 0.1) is 0 Å². The third-order valence-electron chi connectivity index (χ3n) is 2.12. The van der Waals surface area contributed by atoms with E-state index in [1.165, 1.54) is 18.0 Å². The number of aliphatic hydroxyl groups is 1. The van der Waals surface area contributed by atoms with Crippen molar-refractivity contribution in [1.82, 2.24) is 9.78 Å². The first-order valence-corrected chi connectivity index (χ1v) is 7.35. The third-order valence-corrected chi connectivity index (χ3v) is 3.33. The molecule has 1 atom stereocenters. The molecular formula is C9H15ClN2O4S.